The average molecular weight is 301 g/mol. The molecule has 1 aromatic rings. The van der Waals surface area contributed by atoms with E-state index in [2.05, 4.69) is 53.6 Å². The lowest BCUT2D eigenvalue weighted by Crippen LogP contribution is -2.47. The predicted molar refractivity (Wildman–Crippen MR) is 88.9 cm³/mol. The van der Waals surface area contributed by atoms with Gasteiger partial charge >= 0.3 is 0 Å². The number of hydrogen-bond acceptors (Lipinski definition) is 3. The highest BCUT2D eigenvalue weighted by atomic mass is 16.2. The molecule has 1 amide bonds. The van der Waals surface area contributed by atoms with Gasteiger partial charge in [-0.1, -0.05) is 38.1 Å². The minimum Gasteiger partial charge on any atom is -0.358 e. The number of likely N-dealkylation sites (N-methyl/N-ethyl adjacent to an activating group) is 1. The fraction of sp³-hybridized carbons (Fsp3) is 0.611. The van der Waals surface area contributed by atoms with Gasteiger partial charge in [-0.15, -0.1) is 0 Å². The SMILES string of the molecule is CNC(=O)[C@@H]1C[C@@H](NC(C)C)CN1C1Cc2ccccc2C1. The zero-order valence-corrected chi connectivity index (χ0v) is 13.8. The molecule has 1 fully saturated rings. The number of likely N-dealkylation sites (tertiary alicyclic amines) is 1. The maximum absolute atomic E-state index is 12.3. The summed E-state index contributed by atoms with van der Waals surface area (Å²) in [5, 5.41) is 6.45. The molecule has 22 heavy (non-hydrogen) atoms. The topological polar surface area (TPSA) is 44.4 Å². The summed E-state index contributed by atoms with van der Waals surface area (Å²) < 4.78 is 0. The first kappa shape index (κ1) is 15.5. The third-order valence-electron chi connectivity index (χ3n) is 4.96. The summed E-state index contributed by atoms with van der Waals surface area (Å²) in [6.07, 6.45) is 3.04. The Labute approximate surface area is 133 Å². The highest BCUT2D eigenvalue weighted by Gasteiger charge is 2.41. The van der Waals surface area contributed by atoms with Crippen molar-refractivity contribution in [3.8, 4) is 0 Å². The summed E-state index contributed by atoms with van der Waals surface area (Å²) >= 11 is 0. The first-order chi connectivity index (χ1) is 10.6. The van der Waals surface area contributed by atoms with Gasteiger partial charge in [-0.05, 0) is 30.4 Å². The largest absolute Gasteiger partial charge is 0.358 e. The van der Waals surface area contributed by atoms with Crippen LogP contribution in [-0.2, 0) is 17.6 Å². The number of carbonyl (C=O) groups is 1. The number of carbonyl (C=O) groups excluding carboxylic acids is 1. The van der Waals surface area contributed by atoms with E-state index in [1.807, 2.05) is 0 Å². The molecular formula is C18H27N3O. The summed E-state index contributed by atoms with van der Waals surface area (Å²) in [6, 6.07) is 10.0. The van der Waals surface area contributed by atoms with Crippen molar-refractivity contribution < 1.29 is 4.79 Å². The quantitative estimate of drug-likeness (QED) is 0.882. The van der Waals surface area contributed by atoms with Crippen molar-refractivity contribution in [1.82, 2.24) is 15.5 Å². The van der Waals surface area contributed by atoms with Crippen LogP contribution in [0, 0.1) is 0 Å². The fourth-order valence-electron chi connectivity index (χ4n) is 4.05. The zero-order chi connectivity index (χ0) is 15.7. The number of nitrogens with zero attached hydrogens (tertiary/aromatic N) is 1. The number of rotatable bonds is 4. The van der Waals surface area contributed by atoms with Gasteiger partial charge < -0.3 is 10.6 Å². The highest BCUT2D eigenvalue weighted by Crippen LogP contribution is 2.30. The van der Waals surface area contributed by atoms with Gasteiger partial charge in [0.2, 0.25) is 5.91 Å². The molecule has 4 heteroatoms. The van der Waals surface area contributed by atoms with Crippen LogP contribution in [0.3, 0.4) is 0 Å². The maximum Gasteiger partial charge on any atom is 0.237 e. The molecule has 1 saturated heterocycles. The Morgan fingerprint density at radius 2 is 1.86 bits per heavy atom. The van der Waals surface area contributed by atoms with E-state index < -0.39 is 0 Å². The molecule has 2 aliphatic rings. The van der Waals surface area contributed by atoms with E-state index >= 15 is 0 Å². The zero-order valence-electron chi connectivity index (χ0n) is 13.8. The van der Waals surface area contributed by atoms with Crippen molar-refractivity contribution >= 4 is 5.91 Å². The predicted octanol–water partition coefficient (Wildman–Crippen LogP) is 1.34. The highest BCUT2D eigenvalue weighted by molar-refractivity contribution is 5.82. The van der Waals surface area contributed by atoms with Gasteiger partial charge in [-0.25, -0.2) is 0 Å². The molecule has 120 valence electrons. The van der Waals surface area contributed by atoms with Crippen molar-refractivity contribution in [3.63, 3.8) is 0 Å². The molecule has 1 heterocycles. The molecule has 4 nitrogen and oxygen atoms in total. The van der Waals surface area contributed by atoms with E-state index in [9.17, 15) is 4.79 Å². The maximum atomic E-state index is 12.3. The molecule has 0 unspecified atom stereocenters. The van der Waals surface area contributed by atoms with Crippen LogP contribution in [0.4, 0.5) is 0 Å². The van der Waals surface area contributed by atoms with Crippen LogP contribution in [0.1, 0.15) is 31.4 Å². The lowest BCUT2D eigenvalue weighted by molar-refractivity contribution is -0.125. The molecular weight excluding hydrogens is 274 g/mol. The minimum atomic E-state index is 0.000521. The second kappa shape index (κ2) is 6.39. The first-order valence-electron chi connectivity index (χ1n) is 8.38. The average Bonchev–Trinajstić information content (AvgIpc) is 3.09. The molecule has 0 saturated carbocycles. The van der Waals surface area contributed by atoms with Crippen LogP contribution in [0.15, 0.2) is 24.3 Å². The molecule has 1 aliphatic heterocycles. The summed E-state index contributed by atoms with van der Waals surface area (Å²) in [5.74, 6) is 0.156. The Bertz CT molecular complexity index is 518. The third kappa shape index (κ3) is 3.03. The van der Waals surface area contributed by atoms with Gasteiger partial charge in [-0.2, -0.15) is 0 Å². The second-order valence-electron chi connectivity index (χ2n) is 6.91. The number of benzene rings is 1. The van der Waals surface area contributed by atoms with E-state index in [-0.39, 0.29) is 11.9 Å². The van der Waals surface area contributed by atoms with Gasteiger partial charge in [-0.3, -0.25) is 9.69 Å². The number of hydrogen-bond donors (Lipinski definition) is 2. The standard InChI is InChI=1S/C18H27N3O/c1-12(2)20-15-10-17(18(22)19-3)21(11-15)16-8-13-6-4-5-7-14(13)9-16/h4-7,12,15-17,20H,8-11H2,1-3H3,(H,19,22)/t15-,17+/m1/s1. The van der Waals surface area contributed by atoms with Gasteiger partial charge in [0.25, 0.3) is 0 Å². The van der Waals surface area contributed by atoms with Crippen LogP contribution in [0.2, 0.25) is 0 Å². The van der Waals surface area contributed by atoms with E-state index in [1.165, 1.54) is 11.1 Å². The van der Waals surface area contributed by atoms with Gasteiger partial charge in [0.15, 0.2) is 0 Å². The van der Waals surface area contributed by atoms with E-state index in [0.29, 0.717) is 18.1 Å². The van der Waals surface area contributed by atoms with E-state index in [0.717, 1.165) is 25.8 Å². The number of nitrogens with one attached hydrogen (secondary N) is 2. The molecule has 0 bridgehead atoms. The summed E-state index contributed by atoms with van der Waals surface area (Å²) in [4.78, 5) is 14.7. The van der Waals surface area contributed by atoms with Crippen molar-refractivity contribution in [2.75, 3.05) is 13.6 Å². The summed E-state index contributed by atoms with van der Waals surface area (Å²) in [5.41, 5.74) is 2.90. The van der Waals surface area contributed by atoms with Crippen LogP contribution < -0.4 is 10.6 Å². The van der Waals surface area contributed by atoms with Gasteiger partial charge in [0.1, 0.15) is 0 Å². The smallest absolute Gasteiger partial charge is 0.237 e. The van der Waals surface area contributed by atoms with Crippen LogP contribution >= 0.6 is 0 Å². The Morgan fingerprint density at radius 1 is 1.23 bits per heavy atom. The Hall–Kier alpha value is -1.39. The molecule has 3 rings (SSSR count). The normalized spacial score (nSPS) is 25.6. The van der Waals surface area contributed by atoms with Gasteiger partial charge in [0, 0.05) is 31.7 Å². The lowest BCUT2D eigenvalue weighted by atomic mass is 10.1. The van der Waals surface area contributed by atoms with Crippen molar-refractivity contribution in [2.45, 2.75) is 57.3 Å². The molecule has 0 spiro atoms. The summed E-state index contributed by atoms with van der Waals surface area (Å²) in [6.45, 7) is 5.31. The number of amides is 1. The van der Waals surface area contributed by atoms with Crippen molar-refractivity contribution in [2.24, 2.45) is 0 Å². The molecule has 2 N–H and O–H groups in total. The molecule has 0 aromatic heterocycles. The fourth-order valence-corrected chi connectivity index (χ4v) is 4.05. The summed E-state index contributed by atoms with van der Waals surface area (Å²) in [7, 11) is 1.74. The van der Waals surface area contributed by atoms with Crippen LogP contribution in [0.5, 0.6) is 0 Å². The Balaban J connectivity index is 1.74. The third-order valence-corrected chi connectivity index (χ3v) is 4.96. The monoisotopic (exact) mass is 301 g/mol. The lowest BCUT2D eigenvalue weighted by Gasteiger charge is -2.29. The molecule has 0 radical (unpaired) electrons. The Kier molecular flexibility index (Phi) is 4.50. The van der Waals surface area contributed by atoms with Gasteiger partial charge in [0.05, 0.1) is 6.04 Å². The minimum absolute atomic E-state index is 0.000521. The van der Waals surface area contributed by atoms with E-state index in [4.69, 9.17) is 0 Å². The number of fused-ring (bicyclic) bond motifs is 1. The molecule has 1 aromatic carbocycles. The molecule has 1 aliphatic carbocycles. The second-order valence-corrected chi connectivity index (χ2v) is 6.91. The van der Waals surface area contributed by atoms with Crippen molar-refractivity contribution in [3.05, 3.63) is 35.4 Å². The molecule has 2 atom stereocenters. The van der Waals surface area contributed by atoms with Crippen LogP contribution in [0.25, 0.3) is 0 Å². The van der Waals surface area contributed by atoms with Crippen molar-refractivity contribution in [1.29, 1.82) is 0 Å². The Morgan fingerprint density at radius 3 is 2.41 bits per heavy atom. The van der Waals surface area contributed by atoms with Crippen LogP contribution in [-0.4, -0.2) is 48.6 Å². The van der Waals surface area contributed by atoms with E-state index in [1.54, 1.807) is 7.05 Å². The first-order valence-corrected chi connectivity index (χ1v) is 8.38.